The summed E-state index contributed by atoms with van der Waals surface area (Å²) in [6, 6.07) is 8.44. The molecule has 0 spiro atoms. The van der Waals surface area contributed by atoms with Crippen molar-refractivity contribution in [3.05, 3.63) is 29.8 Å². The van der Waals surface area contributed by atoms with Crippen molar-refractivity contribution < 1.29 is 9.53 Å². The summed E-state index contributed by atoms with van der Waals surface area (Å²) in [5, 5.41) is 6.55. The number of carbonyl (C=O) groups excluding carboxylic acids is 1. The Morgan fingerprint density at radius 1 is 1.45 bits per heavy atom. The lowest BCUT2D eigenvalue weighted by molar-refractivity contribution is -0.123. The molecule has 2 N–H and O–H groups in total. The van der Waals surface area contributed by atoms with E-state index in [1.807, 2.05) is 12.1 Å². The Labute approximate surface area is 119 Å². The van der Waals surface area contributed by atoms with Gasteiger partial charge < -0.3 is 15.4 Å². The fraction of sp³-hybridized carbons (Fsp3) is 0.562. The zero-order chi connectivity index (χ0) is 13.9. The van der Waals surface area contributed by atoms with E-state index in [4.69, 9.17) is 4.74 Å². The predicted octanol–water partition coefficient (Wildman–Crippen LogP) is 2.13. The smallest absolute Gasteiger partial charge is 0.227 e. The van der Waals surface area contributed by atoms with Crippen molar-refractivity contribution in [2.24, 2.45) is 5.92 Å². The molecule has 1 fully saturated rings. The number of hydrogen-bond donors (Lipinski definition) is 2. The Balaban J connectivity index is 1.67. The average Bonchev–Trinajstić information content (AvgIpc) is 2.97. The fourth-order valence-corrected chi connectivity index (χ4v) is 3.10. The van der Waals surface area contributed by atoms with Gasteiger partial charge in [0.05, 0.1) is 12.5 Å². The van der Waals surface area contributed by atoms with Crippen LogP contribution in [0.4, 0.5) is 5.69 Å². The second-order valence-corrected chi connectivity index (χ2v) is 5.90. The number of anilines is 1. The molecule has 1 saturated heterocycles. The molecule has 3 rings (SSSR count). The molecule has 4 nitrogen and oxygen atoms in total. The second-order valence-electron chi connectivity index (χ2n) is 5.90. The van der Waals surface area contributed by atoms with E-state index in [-0.39, 0.29) is 11.8 Å². The highest BCUT2D eigenvalue weighted by Crippen LogP contribution is 2.34. The van der Waals surface area contributed by atoms with Crippen molar-refractivity contribution in [1.29, 1.82) is 0 Å². The van der Waals surface area contributed by atoms with Crippen LogP contribution in [-0.4, -0.2) is 31.7 Å². The first-order valence-electron chi connectivity index (χ1n) is 7.45. The third kappa shape index (κ3) is 2.80. The molecule has 2 aliphatic heterocycles. The van der Waals surface area contributed by atoms with Crippen molar-refractivity contribution in [2.75, 3.05) is 25.1 Å². The molecule has 3 unspecified atom stereocenters. The molecule has 0 aromatic heterocycles. The first kappa shape index (κ1) is 13.4. The summed E-state index contributed by atoms with van der Waals surface area (Å²) in [6.45, 7) is 4.47. The van der Waals surface area contributed by atoms with Gasteiger partial charge in [0.25, 0.3) is 0 Å². The molecule has 0 radical (unpaired) electrons. The van der Waals surface area contributed by atoms with E-state index in [0.29, 0.717) is 12.0 Å². The van der Waals surface area contributed by atoms with Crippen LogP contribution in [0.15, 0.2) is 24.3 Å². The maximum absolute atomic E-state index is 12.5. The van der Waals surface area contributed by atoms with Crippen molar-refractivity contribution in [3.63, 3.8) is 0 Å². The Kier molecular flexibility index (Phi) is 3.92. The van der Waals surface area contributed by atoms with Crippen molar-refractivity contribution >= 4 is 11.6 Å². The lowest BCUT2D eigenvalue weighted by atomic mass is 9.86. The van der Waals surface area contributed by atoms with Crippen LogP contribution in [0, 0.1) is 5.92 Å². The van der Waals surface area contributed by atoms with Crippen LogP contribution in [0.1, 0.15) is 31.2 Å². The lowest BCUT2D eigenvalue weighted by Gasteiger charge is -2.30. The highest BCUT2D eigenvalue weighted by molar-refractivity contribution is 5.86. The van der Waals surface area contributed by atoms with Crippen LogP contribution < -0.4 is 10.6 Å². The van der Waals surface area contributed by atoms with Gasteiger partial charge in [-0.15, -0.1) is 0 Å². The van der Waals surface area contributed by atoms with Gasteiger partial charge in [-0.3, -0.25) is 4.79 Å². The van der Waals surface area contributed by atoms with Crippen molar-refractivity contribution in [3.8, 4) is 0 Å². The molecule has 4 heteroatoms. The van der Waals surface area contributed by atoms with Gasteiger partial charge >= 0.3 is 0 Å². The number of para-hydroxylation sites is 1. The summed E-state index contributed by atoms with van der Waals surface area (Å²) < 4.78 is 5.35. The molecule has 2 aliphatic rings. The molecule has 2 heterocycles. The lowest BCUT2D eigenvalue weighted by Crippen LogP contribution is -2.38. The highest BCUT2D eigenvalue weighted by atomic mass is 16.5. The second kappa shape index (κ2) is 5.83. The topological polar surface area (TPSA) is 50.4 Å². The molecule has 0 aliphatic carbocycles. The summed E-state index contributed by atoms with van der Waals surface area (Å²) in [7, 11) is 0. The van der Waals surface area contributed by atoms with E-state index in [0.717, 1.165) is 43.9 Å². The van der Waals surface area contributed by atoms with E-state index < -0.39 is 0 Å². The van der Waals surface area contributed by atoms with Crippen LogP contribution in [0.3, 0.4) is 0 Å². The van der Waals surface area contributed by atoms with Gasteiger partial charge in [0.2, 0.25) is 5.91 Å². The maximum Gasteiger partial charge on any atom is 0.227 e. The maximum atomic E-state index is 12.5. The number of benzene rings is 1. The first-order chi connectivity index (χ1) is 9.74. The SMILES string of the molecule is CC1CC(C(=O)NCC2CCOC2)c2ccccc2N1. The standard InChI is InChI=1S/C16H22N2O2/c1-11-8-14(13-4-2-3-5-15(13)18-11)16(19)17-9-12-6-7-20-10-12/h2-5,11-12,14,18H,6-10H2,1H3,(H,17,19). The number of nitrogens with one attached hydrogen (secondary N) is 2. The van der Waals surface area contributed by atoms with E-state index in [1.54, 1.807) is 0 Å². The quantitative estimate of drug-likeness (QED) is 0.887. The zero-order valence-electron chi connectivity index (χ0n) is 11.9. The number of hydrogen-bond acceptors (Lipinski definition) is 3. The molecule has 1 aromatic carbocycles. The number of fused-ring (bicyclic) bond motifs is 1. The van der Waals surface area contributed by atoms with E-state index in [1.165, 1.54) is 0 Å². The molecule has 1 aromatic rings. The Morgan fingerprint density at radius 2 is 2.30 bits per heavy atom. The molecule has 0 bridgehead atoms. The van der Waals surface area contributed by atoms with E-state index in [9.17, 15) is 4.79 Å². The summed E-state index contributed by atoms with van der Waals surface area (Å²) >= 11 is 0. The van der Waals surface area contributed by atoms with Gasteiger partial charge in [-0.1, -0.05) is 18.2 Å². The Hall–Kier alpha value is -1.55. The zero-order valence-corrected chi connectivity index (χ0v) is 11.9. The average molecular weight is 274 g/mol. The minimum atomic E-state index is -0.0372. The van der Waals surface area contributed by atoms with E-state index in [2.05, 4.69) is 29.7 Å². The van der Waals surface area contributed by atoms with Gasteiger partial charge in [-0.2, -0.15) is 0 Å². The molecule has 1 amide bonds. The Bertz CT molecular complexity index is 483. The molecular formula is C16H22N2O2. The van der Waals surface area contributed by atoms with Gasteiger partial charge in [0.1, 0.15) is 0 Å². The van der Waals surface area contributed by atoms with Crippen LogP contribution >= 0.6 is 0 Å². The molecule has 0 saturated carbocycles. The molecule has 108 valence electrons. The fourth-order valence-electron chi connectivity index (χ4n) is 3.10. The first-order valence-corrected chi connectivity index (χ1v) is 7.45. The minimum absolute atomic E-state index is 0.0372. The number of carbonyl (C=O) groups is 1. The van der Waals surface area contributed by atoms with Crippen LogP contribution in [-0.2, 0) is 9.53 Å². The predicted molar refractivity (Wildman–Crippen MR) is 78.8 cm³/mol. The number of rotatable bonds is 3. The summed E-state index contributed by atoms with van der Waals surface area (Å²) in [5.41, 5.74) is 2.21. The van der Waals surface area contributed by atoms with Gasteiger partial charge in [0.15, 0.2) is 0 Å². The van der Waals surface area contributed by atoms with Gasteiger partial charge in [-0.05, 0) is 31.4 Å². The third-order valence-corrected chi connectivity index (χ3v) is 4.23. The number of ether oxygens (including phenoxy) is 1. The molecule has 20 heavy (non-hydrogen) atoms. The Morgan fingerprint density at radius 3 is 3.10 bits per heavy atom. The van der Waals surface area contributed by atoms with Gasteiger partial charge in [-0.25, -0.2) is 0 Å². The van der Waals surface area contributed by atoms with Crippen LogP contribution in [0.5, 0.6) is 0 Å². The number of amides is 1. The van der Waals surface area contributed by atoms with Crippen LogP contribution in [0.25, 0.3) is 0 Å². The molecule has 3 atom stereocenters. The summed E-state index contributed by atoms with van der Waals surface area (Å²) in [5.74, 6) is 0.593. The van der Waals surface area contributed by atoms with Crippen LogP contribution in [0.2, 0.25) is 0 Å². The van der Waals surface area contributed by atoms with Gasteiger partial charge in [0, 0.05) is 30.8 Å². The monoisotopic (exact) mass is 274 g/mol. The van der Waals surface area contributed by atoms with Crippen molar-refractivity contribution in [1.82, 2.24) is 5.32 Å². The summed E-state index contributed by atoms with van der Waals surface area (Å²) in [6.07, 6.45) is 1.91. The molecular weight excluding hydrogens is 252 g/mol. The minimum Gasteiger partial charge on any atom is -0.382 e. The largest absolute Gasteiger partial charge is 0.382 e. The third-order valence-electron chi connectivity index (χ3n) is 4.23. The highest BCUT2D eigenvalue weighted by Gasteiger charge is 2.29. The normalized spacial score (nSPS) is 28.6. The van der Waals surface area contributed by atoms with E-state index >= 15 is 0 Å². The van der Waals surface area contributed by atoms with Crippen molar-refractivity contribution in [2.45, 2.75) is 31.7 Å². The summed E-state index contributed by atoms with van der Waals surface area (Å²) in [4.78, 5) is 12.5.